The van der Waals surface area contributed by atoms with Crippen molar-refractivity contribution in [3.63, 3.8) is 0 Å². The third-order valence-corrected chi connectivity index (χ3v) is 5.20. The molecule has 4 heteroatoms. The van der Waals surface area contributed by atoms with E-state index in [1.807, 2.05) is 6.07 Å². The highest BCUT2D eigenvalue weighted by Gasteiger charge is 2.22. The summed E-state index contributed by atoms with van der Waals surface area (Å²) in [5.74, 6) is 0.166. The van der Waals surface area contributed by atoms with Crippen LogP contribution in [0.25, 0.3) is 0 Å². The highest BCUT2D eigenvalue weighted by molar-refractivity contribution is 9.10. The van der Waals surface area contributed by atoms with Crippen LogP contribution in [-0.2, 0) is 4.79 Å². The van der Waals surface area contributed by atoms with Crippen LogP contribution in [0.1, 0.15) is 57.6 Å². The molecular formula is C18H27BrN2O. The Morgan fingerprint density at radius 2 is 2.05 bits per heavy atom. The highest BCUT2D eigenvalue weighted by Crippen LogP contribution is 2.27. The predicted octanol–water partition coefficient (Wildman–Crippen LogP) is 4.28. The fourth-order valence-corrected chi connectivity index (χ4v) is 3.85. The monoisotopic (exact) mass is 366 g/mol. The van der Waals surface area contributed by atoms with Gasteiger partial charge in [-0.25, -0.2) is 0 Å². The Hall–Kier alpha value is -0.870. The molecule has 1 aromatic rings. The minimum atomic E-state index is 0.166. The molecule has 1 unspecified atom stereocenters. The summed E-state index contributed by atoms with van der Waals surface area (Å²) < 4.78 is 1.11. The highest BCUT2D eigenvalue weighted by atomic mass is 79.9. The van der Waals surface area contributed by atoms with E-state index in [1.54, 1.807) is 0 Å². The van der Waals surface area contributed by atoms with Gasteiger partial charge in [0.05, 0.1) is 6.54 Å². The van der Waals surface area contributed by atoms with E-state index in [0.717, 1.165) is 30.3 Å². The SMILES string of the molecule is CCCN(CC(=O)NC1CCCC1)C(C)c1ccccc1Br. The summed E-state index contributed by atoms with van der Waals surface area (Å²) in [6, 6.07) is 8.90. The van der Waals surface area contributed by atoms with Gasteiger partial charge in [-0.1, -0.05) is 53.9 Å². The van der Waals surface area contributed by atoms with Crippen LogP contribution in [0.4, 0.5) is 0 Å². The molecule has 1 aromatic carbocycles. The Morgan fingerprint density at radius 1 is 1.36 bits per heavy atom. The molecule has 1 N–H and O–H groups in total. The van der Waals surface area contributed by atoms with Gasteiger partial charge in [0.2, 0.25) is 5.91 Å². The van der Waals surface area contributed by atoms with Crippen molar-refractivity contribution in [2.24, 2.45) is 0 Å². The van der Waals surface area contributed by atoms with E-state index >= 15 is 0 Å². The van der Waals surface area contributed by atoms with Crippen LogP contribution in [0.2, 0.25) is 0 Å². The molecular weight excluding hydrogens is 340 g/mol. The molecule has 2 rings (SSSR count). The first-order valence-corrected chi connectivity index (χ1v) is 9.19. The van der Waals surface area contributed by atoms with Crippen molar-refractivity contribution in [1.29, 1.82) is 0 Å². The molecule has 3 nitrogen and oxygen atoms in total. The molecule has 1 aliphatic carbocycles. The van der Waals surface area contributed by atoms with Gasteiger partial charge in [0, 0.05) is 16.6 Å². The minimum absolute atomic E-state index is 0.166. The Morgan fingerprint density at radius 3 is 2.68 bits per heavy atom. The van der Waals surface area contributed by atoms with E-state index in [1.165, 1.54) is 18.4 Å². The van der Waals surface area contributed by atoms with Crippen molar-refractivity contribution in [3.05, 3.63) is 34.3 Å². The molecule has 0 saturated heterocycles. The number of carbonyl (C=O) groups excluding carboxylic acids is 1. The lowest BCUT2D eigenvalue weighted by molar-refractivity contribution is -0.123. The number of amides is 1. The lowest BCUT2D eigenvalue weighted by atomic mass is 10.1. The van der Waals surface area contributed by atoms with Gasteiger partial charge in [-0.2, -0.15) is 0 Å². The van der Waals surface area contributed by atoms with Crippen molar-refractivity contribution in [1.82, 2.24) is 10.2 Å². The molecule has 1 amide bonds. The van der Waals surface area contributed by atoms with E-state index in [0.29, 0.717) is 12.6 Å². The average molecular weight is 367 g/mol. The fourth-order valence-electron chi connectivity index (χ4n) is 3.24. The lowest BCUT2D eigenvalue weighted by Gasteiger charge is -2.29. The largest absolute Gasteiger partial charge is 0.352 e. The van der Waals surface area contributed by atoms with Crippen molar-refractivity contribution in [2.75, 3.05) is 13.1 Å². The lowest BCUT2D eigenvalue weighted by Crippen LogP contribution is -2.42. The van der Waals surface area contributed by atoms with E-state index in [-0.39, 0.29) is 11.9 Å². The second kappa shape index (κ2) is 8.68. The van der Waals surface area contributed by atoms with Gasteiger partial charge in [-0.3, -0.25) is 9.69 Å². The minimum Gasteiger partial charge on any atom is -0.352 e. The molecule has 1 saturated carbocycles. The van der Waals surface area contributed by atoms with E-state index in [9.17, 15) is 4.79 Å². The Labute approximate surface area is 142 Å². The van der Waals surface area contributed by atoms with Crippen molar-refractivity contribution in [2.45, 2.75) is 58.0 Å². The molecule has 22 heavy (non-hydrogen) atoms. The first-order chi connectivity index (χ1) is 10.6. The predicted molar refractivity (Wildman–Crippen MR) is 94.8 cm³/mol. The van der Waals surface area contributed by atoms with Crippen LogP contribution in [0.5, 0.6) is 0 Å². The molecule has 1 fully saturated rings. The Balaban J connectivity index is 1.99. The third-order valence-electron chi connectivity index (χ3n) is 4.48. The zero-order valence-corrected chi connectivity index (χ0v) is 15.2. The summed E-state index contributed by atoms with van der Waals surface area (Å²) in [7, 11) is 0. The Bertz CT molecular complexity index is 486. The van der Waals surface area contributed by atoms with Crippen LogP contribution in [-0.4, -0.2) is 29.9 Å². The standard InChI is InChI=1S/C18H27BrN2O/c1-3-12-21(13-18(22)20-15-8-4-5-9-15)14(2)16-10-6-7-11-17(16)19/h6-7,10-11,14-15H,3-5,8-9,12-13H2,1-2H3,(H,20,22). The van der Waals surface area contributed by atoms with Gasteiger partial charge < -0.3 is 5.32 Å². The third kappa shape index (κ3) is 4.82. The molecule has 0 spiro atoms. The van der Waals surface area contributed by atoms with Crippen LogP contribution in [0, 0.1) is 0 Å². The number of nitrogens with one attached hydrogen (secondary N) is 1. The zero-order valence-electron chi connectivity index (χ0n) is 13.6. The van der Waals surface area contributed by atoms with Crippen LogP contribution >= 0.6 is 15.9 Å². The Kier molecular flexibility index (Phi) is 6.90. The number of hydrogen-bond acceptors (Lipinski definition) is 2. The summed E-state index contributed by atoms with van der Waals surface area (Å²) in [5.41, 5.74) is 1.24. The number of hydrogen-bond donors (Lipinski definition) is 1. The molecule has 1 atom stereocenters. The van der Waals surface area contributed by atoms with Gasteiger partial charge in [-0.05, 0) is 44.4 Å². The van der Waals surface area contributed by atoms with Gasteiger partial charge in [0.1, 0.15) is 0 Å². The first-order valence-electron chi connectivity index (χ1n) is 8.39. The molecule has 0 radical (unpaired) electrons. The van der Waals surface area contributed by atoms with Crippen LogP contribution < -0.4 is 5.32 Å². The van der Waals surface area contributed by atoms with E-state index in [4.69, 9.17) is 0 Å². The zero-order chi connectivity index (χ0) is 15.9. The van der Waals surface area contributed by atoms with Crippen LogP contribution in [0.3, 0.4) is 0 Å². The average Bonchev–Trinajstić information content (AvgIpc) is 2.99. The summed E-state index contributed by atoms with van der Waals surface area (Å²) in [5, 5.41) is 3.20. The van der Waals surface area contributed by atoms with Gasteiger partial charge >= 0.3 is 0 Å². The molecule has 0 heterocycles. The summed E-state index contributed by atoms with van der Waals surface area (Å²) >= 11 is 3.63. The van der Waals surface area contributed by atoms with Gasteiger partial charge in [-0.15, -0.1) is 0 Å². The molecule has 0 aromatic heterocycles. The first kappa shape index (κ1) is 17.5. The van der Waals surface area contributed by atoms with Crippen molar-refractivity contribution in [3.8, 4) is 0 Å². The summed E-state index contributed by atoms with van der Waals surface area (Å²) in [4.78, 5) is 14.6. The maximum Gasteiger partial charge on any atom is 0.234 e. The van der Waals surface area contributed by atoms with Crippen molar-refractivity contribution < 1.29 is 4.79 Å². The topological polar surface area (TPSA) is 32.3 Å². The molecule has 122 valence electrons. The quantitative estimate of drug-likeness (QED) is 0.780. The van der Waals surface area contributed by atoms with Gasteiger partial charge in [0.15, 0.2) is 0 Å². The molecule has 0 bridgehead atoms. The number of halogens is 1. The fraction of sp³-hybridized carbons (Fsp3) is 0.611. The van der Waals surface area contributed by atoms with E-state index in [2.05, 4.69) is 58.2 Å². The number of nitrogens with zero attached hydrogens (tertiary/aromatic N) is 1. The maximum atomic E-state index is 12.3. The maximum absolute atomic E-state index is 12.3. The summed E-state index contributed by atoms with van der Waals surface area (Å²) in [6.45, 7) is 5.75. The number of carbonyl (C=O) groups is 1. The normalized spacial score (nSPS) is 16.9. The second-order valence-electron chi connectivity index (χ2n) is 6.22. The van der Waals surface area contributed by atoms with Gasteiger partial charge in [0.25, 0.3) is 0 Å². The second-order valence-corrected chi connectivity index (χ2v) is 7.07. The van der Waals surface area contributed by atoms with Crippen LogP contribution in [0.15, 0.2) is 28.7 Å². The number of benzene rings is 1. The van der Waals surface area contributed by atoms with Crippen molar-refractivity contribution >= 4 is 21.8 Å². The van der Waals surface area contributed by atoms with E-state index < -0.39 is 0 Å². The molecule has 0 aliphatic heterocycles. The molecule has 1 aliphatic rings. The summed E-state index contributed by atoms with van der Waals surface area (Å²) in [6.07, 6.45) is 5.82. The smallest absolute Gasteiger partial charge is 0.234 e. The number of rotatable bonds is 7.